The van der Waals surface area contributed by atoms with E-state index < -0.39 is 0 Å². The Labute approximate surface area is 117 Å². The van der Waals surface area contributed by atoms with Gasteiger partial charge >= 0.3 is 0 Å². The number of hydrogen-bond acceptors (Lipinski definition) is 2. The largest absolute Gasteiger partial charge is 0.350 e. The molecule has 0 amide bonds. The minimum atomic E-state index is 0.913. The van der Waals surface area contributed by atoms with Crippen LogP contribution in [0, 0.1) is 6.92 Å². The highest BCUT2D eigenvalue weighted by Crippen LogP contribution is 2.20. The van der Waals surface area contributed by atoms with Crippen molar-refractivity contribution in [2.45, 2.75) is 20.0 Å². The average Bonchev–Trinajstić information content (AvgIpc) is 2.96. The van der Waals surface area contributed by atoms with Crippen molar-refractivity contribution in [2.24, 2.45) is 7.05 Å². The highest BCUT2D eigenvalue weighted by Gasteiger charge is 2.05. The van der Waals surface area contributed by atoms with Crippen LogP contribution in [0.25, 0.3) is 10.9 Å². The molecule has 0 spiro atoms. The van der Waals surface area contributed by atoms with Crippen molar-refractivity contribution in [1.29, 1.82) is 0 Å². The second-order valence-corrected chi connectivity index (χ2v) is 5.71. The van der Waals surface area contributed by atoms with Crippen molar-refractivity contribution in [2.75, 3.05) is 0 Å². The molecule has 1 aromatic carbocycles. The van der Waals surface area contributed by atoms with E-state index in [1.165, 1.54) is 27.6 Å². The van der Waals surface area contributed by atoms with E-state index in [0.717, 1.165) is 13.1 Å². The van der Waals surface area contributed by atoms with Gasteiger partial charge in [-0.3, -0.25) is 0 Å². The molecule has 0 saturated carbocycles. The number of thiophene rings is 1. The van der Waals surface area contributed by atoms with Crippen molar-refractivity contribution >= 4 is 22.2 Å². The number of fused-ring (bicyclic) bond motifs is 1. The Bertz CT molecular complexity index is 694. The number of rotatable bonds is 4. The normalized spacial score (nSPS) is 11.3. The fourth-order valence-corrected chi connectivity index (χ4v) is 3.32. The number of benzene rings is 1. The molecule has 0 saturated heterocycles. The maximum absolute atomic E-state index is 3.54. The average molecular weight is 270 g/mol. The van der Waals surface area contributed by atoms with Gasteiger partial charge in [0.05, 0.1) is 0 Å². The van der Waals surface area contributed by atoms with Crippen LogP contribution < -0.4 is 5.32 Å². The topological polar surface area (TPSA) is 17.0 Å². The monoisotopic (exact) mass is 270 g/mol. The van der Waals surface area contributed by atoms with Crippen molar-refractivity contribution in [3.63, 3.8) is 0 Å². The molecule has 0 radical (unpaired) electrons. The molecule has 0 aliphatic carbocycles. The summed E-state index contributed by atoms with van der Waals surface area (Å²) in [6, 6.07) is 8.56. The lowest BCUT2D eigenvalue weighted by atomic mass is 10.1. The Kier molecular flexibility index (Phi) is 3.40. The van der Waals surface area contributed by atoms with Gasteiger partial charge in [-0.05, 0) is 40.4 Å². The summed E-state index contributed by atoms with van der Waals surface area (Å²) in [6.07, 6.45) is 2.22. The Hall–Kier alpha value is -1.58. The summed E-state index contributed by atoms with van der Waals surface area (Å²) in [4.78, 5) is 0. The molecule has 0 bridgehead atoms. The van der Waals surface area contributed by atoms with Crippen molar-refractivity contribution in [3.05, 3.63) is 57.9 Å². The van der Waals surface area contributed by atoms with Crippen LogP contribution in [0.2, 0.25) is 0 Å². The van der Waals surface area contributed by atoms with Gasteiger partial charge in [0.15, 0.2) is 0 Å². The molecule has 3 aromatic rings. The zero-order chi connectivity index (χ0) is 13.2. The lowest BCUT2D eigenvalue weighted by molar-refractivity contribution is 0.693. The maximum atomic E-state index is 3.54. The van der Waals surface area contributed by atoms with E-state index in [9.17, 15) is 0 Å². The fraction of sp³-hybridized carbons (Fsp3) is 0.250. The Balaban J connectivity index is 1.74. The van der Waals surface area contributed by atoms with E-state index in [1.54, 1.807) is 11.3 Å². The maximum Gasteiger partial charge on any atom is 0.0481 e. The van der Waals surface area contributed by atoms with E-state index in [1.807, 2.05) is 0 Å². The Morgan fingerprint density at radius 2 is 1.89 bits per heavy atom. The highest BCUT2D eigenvalue weighted by atomic mass is 32.1. The number of nitrogens with one attached hydrogen (secondary N) is 1. The van der Waals surface area contributed by atoms with Gasteiger partial charge in [-0.2, -0.15) is 11.3 Å². The summed E-state index contributed by atoms with van der Waals surface area (Å²) in [6.45, 7) is 4.03. The van der Waals surface area contributed by atoms with Gasteiger partial charge in [0.2, 0.25) is 0 Å². The Morgan fingerprint density at radius 1 is 1.11 bits per heavy atom. The van der Waals surface area contributed by atoms with Gasteiger partial charge in [0.1, 0.15) is 0 Å². The van der Waals surface area contributed by atoms with E-state index in [-0.39, 0.29) is 0 Å². The minimum absolute atomic E-state index is 0.913. The van der Waals surface area contributed by atoms with Gasteiger partial charge in [-0.15, -0.1) is 0 Å². The number of hydrogen-bond donors (Lipinski definition) is 1. The van der Waals surface area contributed by atoms with Crippen LogP contribution in [0.1, 0.15) is 16.7 Å². The van der Waals surface area contributed by atoms with Crippen molar-refractivity contribution < 1.29 is 0 Å². The fourth-order valence-electron chi connectivity index (χ4n) is 2.47. The van der Waals surface area contributed by atoms with Crippen molar-refractivity contribution in [3.8, 4) is 0 Å². The summed E-state index contributed by atoms with van der Waals surface area (Å²) >= 11 is 1.78. The van der Waals surface area contributed by atoms with Crippen LogP contribution in [0.4, 0.5) is 0 Å². The lowest BCUT2D eigenvalue weighted by Crippen LogP contribution is -2.12. The van der Waals surface area contributed by atoms with Gasteiger partial charge in [-0.1, -0.05) is 18.2 Å². The molecule has 3 heteroatoms. The van der Waals surface area contributed by atoms with E-state index >= 15 is 0 Å². The molecule has 2 nitrogen and oxygen atoms in total. The molecule has 0 atom stereocenters. The lowest BCUT2D eigenvalue weighted by Gasteiger charge is -2.03. The van der Waals surface area contributed by atoms with E-state index in [2.05, 4.69) is 65.1 Å². The summed E-state index contributed by atoms with van der Waals surface area (Å²) in [5.41, 5.74) is 5.46. The molecule has 0 aliphatic rings. The summed E-state index contributed by atoms with van der Waals surface area (Å²) in [5.74, 6) is 0. The second kappa shape index (κ2) is 5.19. The number of para-hydroxylation sites is 1. The van der Waals surface area contributed by atoms with E-state index in [4.69, 9.17) is 0 Å². The molecule has 2 heterocycles. The molecule has 98 valence electrons. The predicted octanol–water partition coefficient (Wildman–Crippen LogP) is 3.84. The van der Waals surface area contributed by atoms with E-state index in [0.29, 0.717) is 0 Å². The zero-order valence-corrected chi connectivity index (χ0v) is 12.1. The first kappa shape index (κ1) is 12.5. The molecule has 19 heavy (non-hydrogen) atoms. The first-order chi connectivity index (χ1) is 9.25. The number of aryl methyl sites for hydroxylation is 2. The second-order valence-electron chi connectivity index (χ2n) is 4.97. The molecule has 2 aromatic heterocycles. The molecule has 3 rings (SSSR count). The molecule has 0 fully saturated rings. The molecular weight excluding hydrogens is 252 g/mol. The van der Waals surface area contributed by atoms with Crippen LogP contribution in [0.15, 0.2) is 41.2 Å². The molecule has 0 aliphatic heterocycles. The van der Waals surface area contributed by atoms with Crippen LogP contribution >= 0.6 is 11.3 Å². The van der Waals surface area contributed by atoms with Gasteiger partial charge in [0.25, 0.3) is 0 Å². The third-order valence-corrected chi connectivity index (χ3v) is 4.48. The molecular formula is C16H18N2S. The first-order valence-corrected chi connectivity index (χ1v) is 7.45. The third kappa shape index (κ3) is 2.44. The van der Waals surface area contributed by atoms with Gasteiger partial charge < -0.3 is 9.88 Å². The SMILES string of the molecule is Cc1cscc1CNCc1cn(C)c2ccccc12. The van der Waals surface area contributed by atoms with Gasteiger partial charge in [-0.25, -0.2) is 0 Å². The van der Waals surface area contributed by atoms with Crippen LogP contribution in [-0.4, -0.2) is 4.57 Å². The summed E-state index contributed by atoms with van der Waals surface area (Å²) < 4.78 is 2.20. The predicted molar refractivity (Wildman–Crippen MR) is 82.5 cm³/mol. The van der Waals surface area contributed by atoms with Crippen LogP contribution in [0.5, 0.6) is 0 Å². The molecule has 0 unspecified atom stereocenters. The van der Waals surface area contributed by atoms with Crippen molar-refractivity contribution in [1.82, 2.24) is 9.88 Å². The smallest absolute Gasteiger partial charge is 0.0481 e. The van der Waals surface area contributed by atoms with Crippen LogP contribution in [0.3, 0.4) is 0 Å². The zero-order valence-electron chi connectivity index (χ0n) is 11.3. The van der Waals surface area contributed by atoms with Crippen LogP contribution in [-0.2, 0) is 20.1 Å². The number of nitrogens with zero attached hydrogens (tertiary/aromatic N) is 1. The highest BCUT2D eigenvalue weighted by molar-refractivity contribution is 7.08. The third-order valence-electron chi connectivity index (χ3n) is 3.57. The quantitative estimate of drug-likeness (QED) is 0.762. The molecule has 1 N–H and O–H groups in total. The summed E-state index contributed by atoms with van der Waals surface area (Å²) in [5, 5.41) is 9.32. The standard InChI is InChI=1S/C16H18N2S/c1-12-10-19-11-14(12)8-17-7-13-9-18(2)16-6-4-3-5-15(13)16/h3-6,9-11,17H,7-8H2,1-2H3. The first-order valence-electron chi connectivity index (χ1n) is 6.51. The Morgan fingerprint density at radius 3 is 2.68 bits per heavy atom. The number of aromatic nitrogens is 1. The minimum Gasteiger partial charge on any atom is -0.350 e. The summed E-state index contributed by atoms with van der Waals surface area (Å²) in [7, 11) is 2.11. The van der Waals surface area contributed by atoms with Gasteiger partial charge in [0, 0.05) is 37.2 Å².